The first-order valence-corrected chi connectivity index (χ1v) is 9.29. The Morgan fingerprint density at radius 2 is 2.00 bits per heavy atom. The second-order valence-electron chi connectivity index (χ2n) is 7.02. The summed E-state index contributed by atoms with van der Waals surface area (Å²) in [7, 11) is 0. The number of pyridine rings is 1. The number of aromatic hydroxyl groups is 1. The van der Waals surface area contributed by atoms with Gasteiger partial charge in [0.25, 0.3) is 0 Å². The monoisotopic (exact) mass is 350 g/mol. The van der Waals surface area contributed by atoms with Gasteiger partial charge >= 0.3 is 0 Å². The number of phenols is 1. The highest BCUT2D eigenvalue weighted by molar-refractivity contribution is 5.53. The van der Waals surface area contributed by atoms with Gasteiger partial charge in [0.1, 0.15) is 17.6 Å². The van der Waals surface area contributed by atoms with E-state index in [9.17, 15) is 10.4 Å². The first kappa shape index (κ1) is 18.2. The van der Waals surface area contributed by atoms with Crippen molar-refractivity contribution >= 4 is 5.82 Å². The van der Waals surface area contributed by atoms with E-state index in [1.807, 2.05) is 24.3 Å². The summed E-state index contributed by atoms with van der Waals surface area (Å²) in [6.07, 6.45) is 5.96. The van der Waals surface area contributed by atoms with Gasteiger partial charge in [-0.2, -0.15) is 5.26 Å². The number of hydrogen-bond acceptors (Lipinski definition) is 5. The summed E-state index contributed by atoms with van der Waals surface area (Å²) in [4.78, 5) is 6.61. The van der Waals surface area contributed by atoms with E-state index in [1.165, 1.54) is 5.56 Å². The summed E-state index contributed by atoms with van der Waals surface area (Å²) in [6, 6.07) is 14.3. The molecule has 1 aliphatic heterocycles. The first-order chi connectivity index (χ1) is 12.7. The smallest absolute Gasteiger partial charge is 0.146 e. The zero-order chi connectivity index (χ0) is 18.4. The van der Waals surface area contributed by atoms with Crippen molar-refractivity contribution in [3.8, 4) is 11.8 Å². The molecule has 0 amide bonds. The second-order valence-corrected chi connectivity index (χ2v) is 7.02. The minimum Gasteiger partial charge on any atom is -0.508 e. The largest absolute Gasteiger partial charge is 0.508 e. The number of benzene rings is 1. The van der Waals surface area contributed by atoms with Gasteiger partial charge in [-0.05, 0) is 62.4 Å². The van der Waals surface area contributed by atoms with Crippen LogP contribution in [-0.2, 0) is 6.42 Å². The minimum absolute atomic E-state index is 0.319. The zero-order valence-corrected chi connectivity index (χ0v) is 15.2. The van der Waals surface area contributed by atoms with Crippen molar-refractivity contribution < 1.29 is 5.11 Å². The molecule has 0 aliphatic carbocycles. The number of phenolic OH excluding ortho intramolecular Hbond substituents is 1. The highest BCUT2D eigenvalue weighted by Gasteiger charge is 2.22. The summed E-state index contributed by atoms with van der Waals surface area (Å²) >= 11 is 0. The van der Waals surface area contributed by atoms with E-state index in [4.69, 9.17) is 0 Å². The van der Waals surface area contributed by atoms with Gasteiger partial charge in [-0.3, -0.25) is 0 Å². The van der Waals surface area contributed by atoms with E-state index in [-0.39, 0.29) is 0 Å². The maximum absolute atomic E-state index is 9.35. The van der Waals surface area contributed by atoms with Crippen LogP contribution in [-0.4, -0.2) is 35.3 Å². The maximum atomic E-state index is 9.35. The van der Waals surface area contributed by atoms with Crippen LogP contribution in [0, 0.1) is 11.3 Å². The molecule has 5 nitrogen and oxygen atoms in total. The van der Waals surface area contributed by atoms with Gasteiger partial charge in [-0.15, -0.1) is 0 Å². The molecule has 0 bridgehead atoms. The summed E-state index contributed by atoms with van der Waals surface area (Å²) in [5, 5.41) is 22.3. The van der Waals surface area contributed by atoms with Crippen molar-refractivity contribution in [1.82, 2.24) is 10.3 Å². The normalized spacial score (nSPS) is 16.2. The predicted molar refractivity (Wildman–Crippen MR) is 103 cm³/mol. The van der Waals surface area contributed by atoms with Gasteiger partial charge in [0, 0.05) is 31.4 Å². The van der Waals surface area contributed by atoms with Gasteiger partial charge < -0.3 is 15.3 Å². The summed E-state index contributed by atoms with van der Waals surface area (Å²) in [5.74, 6) is 1.13. The number of rotatable bonds is 6. The van der Waals surface area contributed by atoms with Crippen LogP contribution in [0.3, 0.4) is 0 Å². The molecule has 2 aromatic rings. The molecule has 0 radical (unpaired) electrons. The molecular weight excluding hydrogens is 324 g/mol. The molecule has 136 valence electrons. The van der Waals surface area contributed by atoms with Crippen molar-refractivity contribution in [2.45, 2.75) is 44.7 Å². The number of anilines is 1. The molecular formula is C21H26N4O. The van der Waals surface area contributed by atoms with Crippen LogP contribution in [0.2, 0.25) is 0 Å². The van der Waals surface area contributed by atoms with Crippen LogP contribution in [0.4, 0.5) is 5.82 Å². The zero-order valence-electron chi connectivity index (χ0n) is 15.2. The van der Waals surface area contributed by atoms with Crippen LogP contribution >= 0.6 is 0 Å². The first-order valence-electron chi connectivity index (χ1n) is 9.29. The van der Waals surface area contributed by atoms with Gasteiger partial charge in [0.15, 0.2) is 0 Å². The molecule has 1 saturated heterocycles. The SMILES string of the molecule is CC(CCc1ccc(O)cc1)NC1CCN(c2ncccc2C#N)CC1. The van der Waals surface area contributed by atoms with Gasteiger partial charge in [0.05, 0.1) is 5.56 Å². The second kappa shape index (κ2) is 8.68. The minimum atomic E-state index is 0.319. The molecule has 1 aromatic carbocycles. The molecule has 5 heteroatoms. The van der Waals surface area contributed by atoms with E-state index in [0.717, 1.165) is 44.6 Å². The van der Waals surface area contributed by atoms with Crippen molar-refractivity contribution in [2.75, 3.05) is 18.0 Å². The molecule has 26 heavy (non-hydrogen) atoms. The molecule has 1 atom stereocenters. The average molecular weight is 350 g/mol. The summed E-state index contributed by atoms with van der Waals surface area (Å²) in [6.45, 7) is 4.08. The van der Waals surface area contributed by atoms with Crippen molar-refractivity contribution in [2.24, 2.45) is 0 Å². The Bertz CT molecular complexity index is 745. The molecule has 0 spiro atoms. The van der Waals surface area contributed by atoms with E-state index in [2.05, 4.69) is 28.2 Å². The number of nitriles is 1. The maximum Gasteiger partial charge on any atom is 0.146 e. The van der Waals surface area contributed by atoms with Gasteiger partial charge in [-0.1, -0.05) is 12.1 Å². The lowest BCUT2D eigenvalue weighted by molar-refractivity contribution is 0.366. The van der Waals surface area contributed by atoms with Crippen LogP contribution < -0.4 is 10.2 Å². The van der Waals surface area contributed by atoms with Crippen LogP contribution in [0.25, 0.3) is 0 Å². The van der Waals surface area contributed by atoms with E-state index < -0.39 is 0 Å². The number of nitrogens with one attached hydrogen (secondary N) is 1. The third-order valence-electron chi connectivity index (χ3n) is 5.02. The molecule has 1 aromatic heterocycles. The fourth-order valence-electron chi connectivity index (χ4n) is 3.53. The van der Waals surface area contributed by atoms with Gasteiger partial charge in [-0.25, -0.2) is 4.98 Å². The highest BCUT2D eigenvalue weighted by atomic mass is 16.3. The average Bonchev–Trinajstić information content (AvgIpc) is 2.68. The van der Waals surface area contributed by atoms with Crippen LogP contribution in [0.1, 0.15) is 37.3 Å². The van der Waals surface area contributed by atoms with Crippen molar-refractivity contribution in [3.05, 3.63) is 53.7 Å². The topological polar surface area (TPSA) is 72.2 Å². The summed E-state index contributed by atoms with van der Waals surface area (Å²) < 4.78 is 0. The van der Waals surface area contributed by atoms with E-state index in [0.29, 0.717) is 23.4 Å². The Morgan fingerprint density at radius 3 is 2.69 bits per heavy atom. The molecule has 3 rings (SSSR count). The molecule has 0 saturated carbocycles. The van der Waals surface area contributed by atoms with Crippen molar-refractivity contribution in [3.63, 3.8) is 0 Å². The third kappa shape index (κ3) is 4.74. The number of hydrogen-bond donors (Lipinski definition) is 2. The summed E-state index contributed by atoms with van der Waals surface area (Å²) in [5.41, 5.74) is 1.91. The Morgan fingerprint density at radius 1 is 1.27 bits per heavy atom. The lowest BCUT2D eigenvalue weighted by Crippen LogP contribution is -2.46. The number of nitrogens with zero attached hydrogens (tertiary/aromatic N) is 3. The predicted octanol–water partition coefficient (Wildman–Crippen LogP) is 3.24. The van der Waals surface area contributed by atoms with E-state index >= 15 is 0 Å². The molecule has 2 heterocycles. The third-order valence-corrected chi connectivity index (χ3v) is 5.02. The highest BCUT2D eigenvalue weighted by Crippen LogP contribution is 2.21. The Balaban J connectivity index is 1.45. The van der Waals surface area contributed by atoms with Crippen molar-refractivity contribution in [1.29, 1.82) is 5.26 Å². The van der Waals surface area contributed by atoms with Crippen LogP contribution in [0.15, 0.2) is 42.6 Å². The Kier molecular flexibility index (Phi) is 6.08. The quantitative estimate of drug-likeness (QED) is 0.837. The Hall–Kier alpha value is -2.58. The molecule has 2 N–H and O–H groups in total. The standard InChI is InChI=1S/C21H26N4O/c1-16(4-5-17-6-8-20(26)9-7-17)24-19-10-13-25(14-11-19)21-18(15-22)3-2-12-23-21/h2-3,6-9,12,16,19,24,26H,4-5,10-11,13-14H2,1H3. The fraction of sp³-hybridized carbons (Fsp3) is 0.429. The van der Waals surface area contributed by atoms with Crippen LogP contribution in [0.5, 0.6) is 5.75 Å². The number of piperidine rings is 1. The number of aryl methyl sites for hydroxylation is 1. The number of aromatic nitrogens is 1. The lowest BCUT2D eigenvalue weighted by Gasteiger charge is -2.35. The molecule has 1 fully saturated rings. The lowest BCUT2D eigenvalue weighted by atomic mass is 10.0. The van der Waals surface area contributed by atoms with E-state index in [1.54, 1.807) is 18.3 Å². The van der Waals surface area contributed by atoms with Gasteiger partial charge in [0.2, 0.25) is 0 Å². The molecule has 1 unspecified atom stereocenters. The molecule has 1 aliphatic rings. The Labute approximate surface area is 155 Å². The fourth-order valence-corrected chi connectivity index (χ4v) is 3.53.